The van der Waals surface area contributed by atoms with Crippen LogP contribution in [0.1, 0.15) is 37.8 Å². The smallest absolute Gasteiger partial charge is 0.223 e. The zero-order chi connectivity index (χ0) is 13.1. The SMILES string of the molecule is CCN1C(=O)CCCC(N)C1c1cccc(Br)c1. The van der Waals surface area contributed by atoms with E-state index in [0.717, 1.165) is 22.9 Å². The normalized spacial score (nSPS) is 25.1. The van der Waals surface area contributed by atoms with Gasteiger partial charge in [-0.1, -0.05) is 28.1 Å². The molecule has 0 spiro atoms. The Morgan fingerprint density at radius 3 is 2.94 bits per heavy atom. The molecule has 2 rings (SSSR count). The highest BCUT2D eigenvalue weighted by atomic mass is 79.9. The third-order valence-electron chi connectivity index (χ3n) is 3.52. The number of carbonyl (C=O) groups is 1. The van der Waals surface area contributed by atoms with Crippen LogP contribution in [0.2, 0.25) is 0 Å². The molecule has 1 aromatic carbocycles. The molecule has 0 radical (unpaired) electrons. The number of carbonyl (C=O) groups excluding carboxylic acids is 1. The number of amides is 1. The van der Waals surface area contributed by atoms with E-state index in [-0.39, 0.29) is 18.0 Å². The molecule has 3 nitrogen and oxygen atoms in total. The first kappa shape index (κ1) is 13.6. The lowest BCUT2D eigenvalue weighted by atomic mass is 9.96. The van der Waals surface area contributed by atoms with E-state index in [2.05, 4.69) is 28.1 Å². The van der Waals surface area contributed by atoms with Crippen LogP contribution in [0.15, 0.2) is 28.7 Å². The summed E-state index contributed by atoms with van der Waals surface area (Å²) in [4.78, 5) is 14.0. The van der Waals surface area contributed by atoms with Crippen LogP contribution in [0, 0.1) is 0 Å². The fraction of sp³-hybridized carbons (Fsp3) is 0.500. The summed E-state index contributed by atoms with van der Waals surface area (Å²) in [5.41, 5.74) is 7.40. The van der Waals surface area contributed by atoms with Crippen LogP contribution in [0.5, 0.6) is 0 Å². The Balaban J connectivity index is 2.38. The predicted octanol–water partition coefficient (Wildman–Crippen LogP) is 2.85. The molecule has 0 bridgehead atoms. The van der Waals surface area contributed by atoms with Gasteiger partial charge in [-0.05, 0) is 37.5 Å². The Hall–Kier alpha value is -0.870. The number of hydrogen-bond acceptors (Lipinski definition) is 2. The average Bonchev–Trinajstić information content (AvgIpc) is 2.48. The minimum atomic E-state index is 0.00231. The molecule has 18 heavy (non-hydrogen) atoms. The van der Waals surface area contributed by atoms with E-state index in [9.17, 15) is 4.79 Å². The summed E-state index contributed by atoms with van der Waals surface area (Å²) in [5.74, 6) is 0.218. The summed E-state index contributed by atoms with van der Waals surface area (Å²) in [6.45, 7) is 2.73. The van der Waals surface area contributed by atoms with E-state index in [1.54, 1.807) is 0 Å². The molecule has 0 aliphatic carbocycles. The van der Waals surface area contributed by atoms with Crippen molar-refractivity contribution in [2.75, 3.05) is 6.54 Å². The third-order valence-corrected chi connectivity index (χ3v) is 4.01. The molecule has 0 aromatic heterocycles. The van der Waals surface area contributed by atoms with Gasteiger partial charge in [-0.2, -0.15) is 0 Å². The standard InChI is InChI=1S/C14H19BrN2O/c1-2-17-13(18)8-4-7-12(16)14(17)10-5-3-6-11(15)9-10/h3,5-6,9,12,14H,2,4,7-8,16H2,1H3. The molecule has 4 heteroatoms. The molecule has 1 aliphatic heterocycles. The van der Waals surface area contributed by atoms with Crippen LogP contribution in [-0.2, 0) is 4.79 Å². The van der Waals surface area contributed by atoms with E-state index in [1.165, 1.54) is 0 Å². The van der Waals surface area contributed by atoms with E-state index < -0.39 is 0 Å². The number of rotatable bonds is 2. The largest absolute Gasteiger partial charge is 0.334 e. The monoisotopic (exact) mass is 310 g/mol. The molecule has 98 valence electrons. The summed E-state index contributed by atoms with van der Waals surface area (Å²) in [7, 11) is 0. The number of nitrogens with zero attached hydrogens (tertiary/aromatic N) is 1. The maximum Gasteiger partial charge on any atom is 0.223 e. The highest BCUT2D eigenvalue weighted by Crippen LogP contribution is 2.31. The summed E-state index contributed by atoms with van der Waals surface area (Å²) >= 11 is 3.48. The summed E-state index contributed by atoms with van der Waals surface area (Å²) in [6, 6.07) is 8.12. The van der Waals surface area contributed by atoms with Gasteiger partial charge in [0.2, 0.25) is 5.91 Å². The predicted molar refractivity (Wildman–Crippen MR) is 76.1 cm³/mol. The van der Waals surface area contributed by atoms with Crippen LogP contribution in [-0.4, -0.2) is 23.4 Å². The quantitative estimate of drug-likeness (QED) is 0.913. The van der Waals surface area contributed by atoms with Crippen molar-refractivity contribution in [1.29, 1.82) is 0 Å². The molecule has 2 N–H and O–H groups in total. The number of likely N-dealkylation sites (tertiary alicyclic amines) is 1. The Morgan fingerprint density at radius 1 is 1.50 bits per heavy atom. The van der Waals surface area contributed by atoms with Crippen molar-refractivity contribution < 1.29 is 4.79 Å². The second-order valence-electron chi connectivity index (χ2n) is 4.74. The van der Waals surface area contributed by atoms with Gasteiger partial charge in [-0.3, -0.25) is 4.79 Å². The van der Waals surface area contributed by atoms with Crippen molar-refractivity contribution in [3.05, 3.63) is 34.3 Å². The van der Waals surface area contributed by atoms with E-state index >= 15 is 0 Å². The number of halogens is 1. The van der Waals surface area contributed by atoms with Crippen LogP contribution in [0.3, 0.4) is 0 Å². The Morgan fingerprint density at radius 2 is 2.28 bits per heavy atom. The first-order valence-corrected chi connectivity index (χ1v) is 7.23. The van der Waals surface area contributed by atoms with Gasteiger partial charge in [0.05, 0.1) is 6.04 Å². The molecule has 2 atom stereocenters. The van der Waals surface area contributed by atoms with Gasteiger partial charge in [0.25, 0.3) is 0 Å². The zero-order valence-corrected chi connectivity index (χ0v) is 12.2. The summed E-state index contributed by atoms with van der Waals surface area (Å²) < 4.78 is 1.03. The minimum absolute atomic E-state index is 0.00231. The minimum Gasteiger partial charge on any atom is -0.334 e. The van der Waals surface area contributed by atoms with Crippen molar-refractivity contribution >= 4 is 21.8 Å². The number of hydrogen-bond donors (Lipinski definition) is 1. The molecular weight excluding hydrogens is 292 g/mol. The van der Waals surface area contributed by atoms with Crippen LogP contribution in [0.25, 0.3) is 0 Å². The van der Waals surface area contributed by atoms with Crippen molar-refractivity contribution in [1.82, 2.24) is 4.90 Å². The van der Waals surface area contributed by atoms with Crippen LogP contribution in [0.4, 0.5) is 0 Å². The van der Waals surface area contributed by atoms with Crippen molar-refractivity contribution in [3.63, 3.8) is 0 Å². The van der Waals surface area contributed by atoms with E-state index in [1.807, 2.05) is 24.0 Å². The van der Waals surface area contributed by atoms with Gasteiger partial charge < -0.3 is 10.6 Å². The zero-order valence-electron chi connectivity index (χ0n) is 10.6. The van der Waals surface area contributed by atoms with Crippen LogP contribution >= 0.6 is 15.9 Å². The number of likely N-dealkylation sites (N-methyl/N-ethyl adjacent to an activating group) is 1. The molecule has 1 aliphatic rings. The second-order valence-corrected chi connectivity index (χ2v) is 5.65. The second kappa shape index (κ2) is 5.85. The molecule has 0 saturated carbocycles. The third kappa shape index (κ3) is 2.75. The van der Waals surface area contributed by atoms with Gasteiger partial charge in [-0.15, -0.1) is 0 Å². The van der Waals surface area contributed by atoms with Gasteiger partial charge in [0.15, 0.2) is 0 Å². The molecular formula is C14H19BrN2O. The fourth-order valence-corrected chi connectivity index (χ4v) is 3.08. The van der Waals surface area contributed by atoms with Gasteiger partial charge in [0.1, 0.15) is 0 Å². The van der Waals surface area contributed by atoms with Crippen molar-refractivity contribution in [2.24, 2.45) is 5.73 Å². The van der Waals surface area contributed by atoms with Gasteiger partial charge in [0, 0.05) is 23.5 Å². The highest BCUT2D eigenvalue weighted by molar-refractivity contribution is 9.10. The van der Waals surface area contributed by atoms with Gasteiger partial charge >= 0.3 is 0 Å². The number of benzene rings is 1. The lowest BCUT2D eigenvalue weighted by Gasteiger charge is -2.33. The lowest BCUT2D eigenvalue weighted by Crippen LogP contribution is -2.42. The first-order chi connectivity index (χ1) is 8.63. The summed E-state index contributed by atoms with van der Waals surface area (Å²) in [5, 5.41) is 0. The molecule has 1 heterocycles. The average molecular weight is 311 g/mol. The molecule has 1 aromatic rings. The molecule has 1 amide bonds. The Kier molecular flexibility index (Phi) is 4.40. The van der Waals surface area contributed by atoms with Gasteiger partial charge in [-0.25, -0.2) is 0 Å². The number of nitrogens with two attached hydrogens (primary N) is 1. The highest BCUT2D eigenvalue weighted by Gasteiger charge is 2.31. The molecule has 2 unspecified atom stereocenters. The fourth-order valence-electron chi connectivity index (χ4n) is 2.67. The van der Waals surface area contributed by atoms with Crippen molar-refractivity contribution in [2.45, 2.75) is 38.3 Å². The topological polar surface area (TPSA) is 46.3 Å². The first-order valence-electron chi connectivity index (χ1n) is 6.44. The Bertz CT molecular complexity index is 436. The molecule has 1 fully saturated rings. The Labute approximate surface area is 116 Å². The maximum atomic E-state index is 12.1. The van der Waals surface area contributed by atoms with E-state index in [0.29, 0.717) is 13.0 Å². The lowest BCUT2D eigenvalue weighted by molar-refractivity contribution is -0.133. The summed E-state index contributed by atoms with van der Waals surface area (Å²) in [6.07, 6.45) is 2.41. The van der Waals surface area contributed by atoms with E-state index in [4.69, 9.17) is 5.73 Å². The molecule has 1 saturated heterocycles. The maximum absolute atomic E-state index is 12.1. The van der Waals surface area contributed by atoms with Crippen LogP contribution < -0.4 is 5.73 Å². The van der Waals surface area contributed by atoms with Crippen molar-refractivity contribution in [3.8, 4) is 0 Å².